The van der Waals surface area contributed by atoms with Crippen molar-refractivity contribution < 1.29 is 14.3 Å². The Labute approximate surface area is 136 Å². The van der Waals surface area contributed by atoms with Crippen LogP contribution in [0.2, 0.25) is 0 Å². The van der Waals surface area contributed by atoms with E-state index in [0.29, 0.717) is 19.8 Å². The van der Waals surface area contributed by atoms with Crippen LogP contribution < -0.4 is 20.1 Å². The molecule has 0 aliphatic carbocycles. The summed E-state index contributed by atoms with van der Waals surface area (Å²) in [4.78, 5) is 12.0. The number of carbonyl (C=O) groups excluding carboxylic acids is 1. The van der Waals surface area contributed by atoms with Crippen LogP contribution in [-0.4, -0.2) is 19.2 Å². The molecule has 2 aromatic rings. The molecule has 2 aromatic carbocycles. The monoisotopic (exact) mass is 314 g/mol. The maximum atomic E-state index is 12.0. The van der Waals surface area contributed by atoms with E-state index in [9.17, 15) is 4.79 Å². The molecule has 0 fully saturated rings. The zero-order valence-corrected chi connectivity index (χ0v) is 13.5. The van der Waals surface area contributed by atoms with Gasteiger partial charge in [0.15, 0.2) is 0 Å². The van der Waals surface area contributed by atoms with Gasteiger partial charge in [-0.3, -0.25) is 0 Å². The second-order valence-electron chi connectivity index (χ2n) is 4.81. The predicted molar refractivity (Wildman–Crippen MR) is 91.1 cm³/mol. The lowest BCUT2D eigenvalue weighted by atomic mass is 10.2. The van der Waals surface area contributed by atoms with Gasteiger partial charge in [0.1, 0.15) is 11.5 Å². The van der Waals surface area contributed by atoms with Crippen molar-refractivity contribution in [2.75, 3.05) is 18.5 Å². The minimum absolute atomic E-state index is 0.263. The highest BCUT2D eigenvalue weighted by Gasteiger charge is 2.08. The van der Waals surface area contributed by atoms with E-state index < -0.39 is 0 Å². The van der Waals surface area contributed by atoms with Gasteiger partial charge >= 0.3 is 6.03 Å². The second-order valence-corrected chi connectivity index (χ2v) is 4.81. The summed E-state index contributed by atoms with van der Waals surface area (Å²) in [5, 5.41) is 5.61. The zero-order valence-electron chi connectivity index (χ0n) is 13.5. The fraction of sp³-hybridized carbons (Fsp3) is 0.278. The van der Waals surface area contributed by atoms with Crippen LogP contribution in [0.1, 0.15) is 19.4 Å². The third-order valence-corrected chi connectivity index (χ3v) is 3.11. The number of ether oxygens (including phenoxy) is 2. The van der Waals surface area contributed by atoms with Crippen molar-refractivity contribution in [1.82, 2.24) is 5.32 Å². The topological polar surface area (TPSA) is 59.6 Å². The van der Waals surface area contributed by atoms with Crippen LogP contribution >= 0.6 is 0 Å². The molecule has 5 heteroatoms. The van der Waals surface area contributed by atoms with Gasteiger partial charge in [0, 0.05) is 17.8 Å². The van der Waals surface area contributed by atoms with Gasteiger partial charge in [-0.25, -0.2) is 4.79 Å². The molecule has 0 radical (unpaired) electrons. The van der Waals surface area contributed by atoms with E-state index in [0.717, 1.165) is 22.7 Å². The lowest BCUT2D eigenvalue weighted by molar-refractivity contribution is 0.251. The molecule has 0 aliphatic rings. The number of carbonyl (C=O) groups is 1. The molecule has 23 heavy (non-hydrogen) atoms. The molecular weight excluding hydrogens is 292 g/mol. The SMILES string of the molecule is CCOc1ccc(OCC)c(CNC(=O)Nc2ccccc2)c1. The predicted octanol–water partition coefficient (Wildman–Crippen LogP) is 3.81. The van der Waals surface area contributed by atoms with Crippen molar-refractivity contribution >= 4 is 11.7 Å². The van der Waals surface area contributed by atoms with Crippen LogP contribution in [0.25, 0.3) is 0 Å². The van der Waals surface area contributed by atoms with Gasteiger partial charge in [0.05, 0.1) is 13.2 Å². The standard InChI is InChI=1S/C18H22N2O3/c1-3-22-16-10-11-17(23-4-2)14(12-16)13-19-18(21)20-15-8-6-5-7-9-15/h5-12H,3-4,13H2,1-2H3,(H2,19,20,21). The number of hydrogen-bond donors (Lipinski definition) is 2. The van der Waals surface area contributed by atoms with E-state index in [4.69, 9.17) is 9.47 Å². The molecular formula is C18H22N2O3. The number of para-hydroxylation sites is 1. The summed E-state index contributed by atoms with van der Waals surface area (Å²) in [6, 6.07) is 14.7. The summed E-state index contributed by atoms with van der Waals surface area (Å²) in [7, 11) is 0. The first-order chi connectivity index (χ1) is 11.2. The molecule has 0 heterocycles. The zero-order chi connectivity index (χ0) is 16.5. The van der Waals surface area contributed by atoms with Gasteiger partial charge in [0.25, 0.3) is 0 Å². The van der Waals surface area contributed by atoms with Gasteiger partial charge < -0.3 is 20.1 Å². The Morgan fingerprint density at radius 2 is 1.74 bits per heavy atom. The van der Waals surface area contributed by atoms with Crippen molar-refractivity contribution in [2.45, 2.75) is 20.4 Å². The van der Waals surface area contributed by atoms with Gasteiger partial charge in [-0.05, 0) is 44.2 Å². The van der Waals surface area contributed by atoms with Gasteiger partial charge in [0.2, 0.25) is 0 Å². The van der Waals surface area contributed by atoms with Crippen molar-refractivity contribution in [3.05, 3.63) is 54.1 Å². The molecule has 0 unspecified atom stereocenters. The van der Waals surface area contributed by atoms with Crippen molar-refractivity contribution in [3.8, 4) is 11.5 Å². The van der Waals surface area contributed by atoms with Crippen LogP contribution in [0.4, 0.5) is 10.5 Å². The summed E-state index contributed by atoms with van der Waals surface area (Å²) in [5.74, 6) is 1.51. The van der Waals surface area contributed by atoms with E-state index in [1.165, 1.54) is 0 Å². The molecule has 0 spiro atoms. The number of nitrogens with one attached hydrogen (secondary N) is 2. The maximum absolute atomic E-state index is 12.0. The lowest BCUT2D eigenvalue weighted by Crippen LogP contribution is -2.28. The third-order valence-electron chi connectivity index (χ3n) is 3.11. The van der Waals surface area contributed by atoms with Crippen molar-refractivity contribution in [1.29, 1.82) is 0 Å². The second kappa shape index (κ2) is 8.68. The average molecular weight is 314 g/mol. The first kappa shape index (κ1) is 16.7. The fourth-order valence-electron chi connectivity index (χ4n) is 2.12. The number of anilines is 1. The van der Waals surface area contributed by atoms with Gasteiger partial charge in [-0.15, -0.1) is 0 Å². The molecule has 0 bridgehead atoms. The minimum atomic E-state index is -0.263. The molecule has 2 N–H and O–H groups in total. The van der Waals surface area contributed by atoms with Crippen LogP contribution in [0.5, 0.6) is 11.5 Å². The molecule has 0 saturated heterocycles. The Hall–Kier alpha value is -2.69. The summed E-state index contributed by atoms with van der Waals surface area (Å²) in [6.45, 7) is 5.37. The first-order valence-corrected chi connectivity index (χ1v) is 7.71. The quantitative estimate of drug-likeness (QED) is 0.817. The molecule has 2 rings (SSSR count). The Morgan fingerprint density at radius 3 is 2.43 bits per heavy atom. The number of rotatable bonds is 7. The summed E-state index contributed by atoms with van der Waals surface area (Å²) >= 11 is 0. The molecule has 122 valence electrons. The van der Waals surface area contributed by atoms with Crippen LogP contribution in [0.3, 0.4) is 0 Å². The van der Waals surface area contributed by atoms with Crippen molar-refractivity contribution in [3.63, 3.8) is 0 Å². The van der Waals surface area contributed by atoms with Gasteiger partial charge in [-0.1, -0.05) is 18.2 Å². The lowest BCUT2D eigenvalue weighted by Gasteiger charge is -2.13. The molecule has 2 amide bonds. The highest BCUT2D eigenvalue weighted by Crippen LogP contribution is 2.24. The van der Waals surface area contributed by atoms with Gasteiger partial charge in [-0.2, -0.15) is 0 Å². The van der Waals surface area contributed by atoms with Crippen molar-refractivity contribution in [2.24, 2.45) is 0 Å². The summed E-state index contributed by atoms with van der Waals surface area (Å²) in [6.07, 6.45) is 0. The largest absolute Gasteiger partial charge is 0.494 e. The molecule has 0 aliphatic heterocycles. The fourth-order valence-corrected chi connectivity index (χ4v) is 2.12. The first-order valence-electron chi connectivity index (χ1n) is 7.71. The highest BCUT2D eigenvalue weighted by atomic mass is 16.5. The molecule has 0 atom stereocenters. The number of benzene rings is 2. The number of amides is 2. The number of hydrogen-bond acceptors (Lipinski definition) is 3. The van der Waals surface area contributed by atoms with Crippen LogP contribution in [0.15, 0.2) is 48.5 Å². The molecule has 0 aromatic heterocycles. The third kappa shape index (κ3) is 5.21. The Kier molecular flexibility index (Phi) is 6.29. The van der Waals surface area contributed by atoms with Crippen LogP contribution in [0, 0.1) is 0 Å². The van der Waals surface area contributed by atoms with E-state index in [2.05, 4.69) is 10.6 Å². The summed E-state index contributed by atoms with van der Waals surface area (Å²) < 4.78 is 11.1. The van der Waals surface area contributed by atoms with Crippen LogP contribution in [-0.2, 0) is 6.54 Å². The van der Waals surface area contributed by atoms with E-state index in [1.54, 1.807) is 0 Å². The maximum Gasteiger partial charge on any atom is 0.319 e. The van der Waals surface area contributed by atoms with E-state index in [1.807, 2.05) is 62.4 Å². The molecule has 0 saturated carbocycles. The van der Waals surface area contributed by atoms with E-state index >= 15 is 0 Å². The number of urea groups is 1. The Bertz CT molecular complexity index is 629. The Morgan fingerprint density at radius 1 is 1.00 bits per heavy atom. The molecule has 5 nitrogen and oxygen atoms in total. The highest BCUT2D eigenvalue weighted by molar-refractivity contribution is 5.89. The normalized spacial score (nSPS) is 10.0. The summed E-state index contributed by atoms with van der Waals surface area (Å²) in [5.41, 5.74) is 1.62. The smallest absolute Gasteiger partial charge is 0.319 e. The minimum Gasteiger partial charge on any atom is -0.494 e. The average Bonchev–Trinajstić information content (AvgIpc) is 2.56. The van der Waals surface area contributed by atoms with E-state index in [-0.39, 0.29) is 6.03 Å². The Balaban J connectivity index is 2.00.